The lowest BCUT2D eigenvalue weighted by atomic mass is 9.93. The average molecular weight is 459 g/mol. The molecule has 4 aliphatic rings. The van der Waals surface area contributed by atoms with Crippen LogP contribution in [0.15, 0.2) is 36.8 Å². The van der Waals surface area contributed by atoms with E-state index in [-0.39, 0.29) is 24.4 Å². The highest BCUT2D eigenvalue weighted by molar-refractivity contribution is 6.00. The van der Waals surface area contributed by atoms with Gasteiger partial charge in [-0.05, 0) is 37.8 Å². The molecule has 1 aliphatic carbocycles. The minimum absolute atomic E-state index is 0.103. The maximum Gasteiger partial charge on any atom is 0.256 e. The molecule has 0 aromatic carbocycles. The molecule has 2 N–H and O–H groups in total. The SMILES string of the molecule is CNc1cc(-c2cnc3n(CC(=O)N4CCC4)cccc2-3)nc2c(C(=O)NC3CCC3)cnn12. The van der Waals surface area contributed by atoms with Crippen molar-refractivity contribution in [3.63, 3.8) is 0 Å². The third-order valence-electron chi connectivity index (χ3n) is 6.85. The van der Waals surface area contributed by atoms with Crippen molar-refractivity contribution < 1.29 is 9.59 Å². The number of carbonyl (C=O) groups excluding carboxylic acids is 2. The maximum atomic E-state index is 12.9. The molecule has 174 valence electrons. The number of hydrogen-bond acceptors (Lipinski definition) is 6. The van der Waals surface area contributed by atoms with Crippen molar-refractivity contribution in [2.75, 3.05) is 25.5 Å². The predicted octanol–water partition coefficient (Wildman–Crippen LogP) is 2.25. The first-order valence-electron chi connectivity index (χ1n) is 11.7. The monoisotopic (exact) mass is 458 g/mol. The van der Waals surface area contributed by atoms with Gasteiger partial charge in [0, 0.05) is 55.8 Å². The molecular formula is C24H26N8O2. The Labute approximate surface area is 196 Å². The molecule has 6 rings (SSSR count). The molecule has 0 radical (unpaired) electrons. The largest absolute Gasteiger partial charge is 0.373 e. The van der Waals surface area contributed by atoms with Gasteiger partial charge in [0.15, 0.2) is 5.65 Å². The van der Waals surface area contributed by atoms with Gasteiger partial charge in [-0.25, -0.2) is 9.97 Å². The van der Waals surface area contributed by atoms with Gasteiger partial charge in [0.1, 0.15) is 23.8 Å². The van der Waals surface area contributed by atoms with Crippen molar-refractivity contribution in [2.24, 2.45) is 0 Å². The summed E-state index contributed by atoms with van der Waals surface area (Å²) < 4.78 is 3.52. The summed E-state index contributed by atoms with van der Waals surface area (Å²) in [6, 6.07) is 6.03. The Bertz CT molecular complexity index is 1360. The molecule has 1 saturated heterocycles. The number of rotatable bonds is 6. The van der Waals surface area contributed by atoms with Crippen LogP contribution in [-0.2, 0) is 11.3 Å². The summed E-state index contributed by atoms with van der Waals surface area (Å²) in [5.41, 5.74) is 3.36. The Hall–Kier alpha value is -3.95. The second kappa shape index (κ2) is 8.12. The molecule has 34 heavy (non-hydrogen) atoms. The van der Waals surface area contributed by atoms with Gasteiger partial charge in [-0.2, -0.15) is 9.61 Å². The van der Waals surface area contributed by atoms with Crippen molar-refractivity contribution in [1.29, 1.82) is 0 Å². The van der Waals surface area contributed by atoms with E-state index in [4.69, 9.17) is 4.98 Å². The van der Waals surface area contributed by atoms with Crippen molar-refractivity contribution in [1.82, 2.24) is 34.4 Å². The molecule has 10 heteroatoms. The van der Waals surface area contributed by atoms with Crippen molar-refractivity contribution in [3.8, 4) is 22.6 Å². The summed E-state index contributed by atoms with van der Waals surface area (Å²) in [4.78, 5) is 36.7. The number of likely N-dealkylation sites (tertiary alicyclic amines) is 1. The van der Waals surface area contributed by atoms with E-state index in [9.17, 15) is 9.59 Å². The Morgan fingerprint density at radius 3 is 2.71 bits per heavy atom. The summed E-state index contributed by atoms with van der Waals surface area (Å²) >= 11 is 0. The number of amides is 2. The topological polar surface area (TPSA) is 109 Å². The molecule has 0 atom stereocenters. The predicted molar refractivity (Wildman–Crippen MR) is 127 cm³/mol. The van der Waals surface area contributed by atoms with Gasteiger partial charge >= 0.3 is 0 Å². The van der Waals surface area contributed by atoms with Crippen molar-refractivity contribution in [3.05, 3.63) is 42.4 Å². The van der Waals surface area contributed by atoms with Gasteiger partial charge in [-0.3, -0.25) is 9.59 Å². The highest BCUT2D eigenvalue weighted by Crippen LogP contribution is 2.34. The molecule has 2 aromatic rings. The molecule has 2 aromatic heterocycles. The Balaban J connectivity index is 1.37. The first-order valence-corrected chi connectivity index (χ1v) is 11.7. The van der Waals surface area contributed by atoms with Crippen LogP contribution in [0.5, 0.6) is 0 Å². The van der Waals surface area contributed by atoms with Crippen LogP contribution in [0.2, 0.25) is 0 Å². The van der Waals surface area contributed by atoms with E-state index in [1.807, 2.05) is 40.9 Å². The lowest BCUT2D eigenvalue weighted by molar-refractivity contribution is -0.135. The zero-order chi connectivity index (χ0) is 23.2. The van der Waals surface area contributed by atoms with Gasteiger partial charge in [0.2, 0.25) is 5.91 Å². The van der Waals surface area contributed by atoms with E-state index in [2.05, 4.69) is 20.7 Å². The van der Waals surface area contributed by atoms with Crippen LogP contribution in [0.4, 0.5) is 5.82 Å². The highest BCUT2D eigenvalue weighted by Gasteiger charge is 2.26. The summed E-state index contributed by atoms with van der Waals surface area (Å²) in [6.07, 6.45) is 9.46. The zero-order valence-corrected chi connectivity index (χ0v) is 19.0. The van der Waals surface area contributed by atoms with Crippen LogP contribution >= 0.6 is 0 Å². The zero-order valence-electron chi connectivity index (χ0n) is 19.0. The maximum absolute atomic E-state index is 12.9. The third-order valence-corrected chi connectivity index (χ3v) is 6.85. The Morgan fingerprint density at radius 1 is 1.15 bits per heavy atom. The van der Waals surface area contributed by atoms with Gasteiger partial charge < -0.3 is 20.1 Å². The van der Waals surface area contributed by atoms with E-state index in [1.165, 1.54) is 0 Å². The molecule has 2 amide bonds. The molecule has 5 heterocycles. The minimum Gasteiger partial charge on any atom is -0.373 e. The van der Waals surface area contributed by atoms with E-state index in [0.717, 1.165) is 55.7 Å². The highest BCUT2D eigenvalue weighted by atomic mass is 16.2. The molecule has 1 saturated carbocycles. The van der Waals surface area contributed by atoms with E-state index in [0.29, 0.717) is 22.7 Å². The first-order chi connectivity index (χ1) is 16.6. The second-order valence-electron chi connectivity index (χ2n) is 8.95. The van der Waals surface area contributed by atoms with Crippen LogP contribution in [0, 0.1) is 0 Å². The molecule has 0 bridgehead atoms. The fourth-order valence-corrected chi connectivity index (χ4v) is 4.49. The quantitative estimate of drug-likeness (QED) is 0.459. The van der Waals surface area contributed by atoms with Gasteiger partial charge in [-0.15, -0.1) is 0 Å². The first kappa shape index (κ1) is 20.6. The lowest BCUT2D eigenvalue weighted by Crippen LogP contribution is -2.43. The van der Waals surface area contributed by atoms with Crippen LogP contribution < -0.4 is 10.6 Å². The van der Waals surface area contributed by atoms with Crippen LogP contribution in [0.1, 0.15) is 36.0 Å². The van der Waals surface area contributed by atoms with Crippen molar-refractivity contribution in [2.45, 2.75) is 38.3 Å². The number of pyridine rings is 1. The molecule has 2 fully saturated rings. The summed E-state index contributed by atoms with van der Waals surface area (Å²) in [6.45, 7) is 1.91. The standard InChI is InChI=1S/C24H26N8O2/c1-25-20-11-19(29-23-18(13-27-32(20)23)24(34)28-15-5-2-6-15)17-12-26-22-16(17)7-3-8-31(22)14-21(33)30-9-4-10-30/h3,7-8,11-13,15,25H,2,4-6,9-10,14H2,1H3,(H,28,34). The van der Waals surface area contributed by atoms with Crippen molar-refractivity contribution >= 4 is 23.3 Å². The molecule has 3 aliphatic heterocycles. The summed E-state index contributed by atoms with van der Waals surface area (Å²) in [7, 11) is 1.81. The smallest absolute Gasteiger partial charge is 0.256 e. The van der Waals surface area contributed by atoms with Crippen LogP contribution in [-0.4, -0.2) is 67.0 Å². The number of nitrogens with zero attached hydrogens (tertiary/aromatic N) is 6. The molecule has 10 nitrogen and oxygen atoms in total. The van der Waals surface area contributed by atoms with E-state index in [1.54, 1.807) is 16.9 Å². The summed E-state index contributed by atoms with van der Waals surface area (Å²) in [5.74, 6) is 1.40. The average Bonchev–Trinajstić information content (AvgIpc) is 3.39. The van der Waals surface area contributed by atoms with Gasteiger partial charge in [0.25, 0.3) is 5.91 Å². The van der Waals surface area contributed by atoms with E-state index < -0.39 is 0 Å². The number of aromatic nitrogens is 5. The van der Waals surface area contributed by atoms with E-state index >= 15 is 0 Å². The Kier molecular flexibility index (Phi) is 4.93. The van der Waals surface area contributed by atoms with Gasteiger partial charge in [0.05, 0.1) is 11.9 Å². The molecule has 0 spiro atoms. The lowest BCUT2D eigenvalue weighted by Gasteiger charge is -2.31. The number of carbonyl (C=O) groups is 2. The fourth-order valence-electron chi connectivity index (χ4n) is 4.49. The summed E-state index contributed by atoms with van der Waals surface area (Å²) in [5, 5.41) is 10.6. The number of nitrogens with one attached hydrogen (secondary N) is 2. The number of anilines is 1. The van der Waals surface area contributed by atoms with Crippen LogP contribution in [0.25, 0.3) is 28.3 Å². The van der Waals surface area contributed by atoms with Crippen LogP contribution in [0.3, 0.4) is 0 Å². The fraction of sp³-hybridized carbons (Fsp3) is 0.375. The normalized spacial score (nSPS) is 15.9. The minimum atomic E-state index is -0.153. The third kappa shape index (κ3) is 3.37. The molecular weight excluding hydrogens is 432 g/mol. The second-order valence-corrected chi connectivity index (χ2v) is 8.95. The Morgan fingerprint density at radius 2 is 2.00 bits per heavy atom. The van der Waals surface area contributed by atoms with Gasteiger partial charge in [-0.1, -0.05) is 0 Å². The number of hydrogen-bond donors (Lipinski definition) is 2. The number of fused-ring (bicyclic) bond motifs is 2. The molecule has 0 unspecified atom stereocenters.